The molecule has 1 aromatic carbocycles. The number of halogens is 1. The van der Waals surface area contributed by atoms with Gasteiger partial charge in [0.15, 0.2) is 5.78 Å². The molecule has 1 rings (SSSR count). The zero-order valence-electron chi connectivity index (χ0n) is 8.00. The van der Waals surface area contributed by atoms with E-state index in [-0.39, 0.29) is 16.6 Å². The molecule has 4 heteroatoms. The fraction of sp³-hybridized carbons (Fsp3) is 0.300. The predicted octanol–water partition coefficient (Wildman–Crippen LogP) is 2.65. The molecule has 0 radical (unpaired) electrons. The van der Waals surface area contributed by atoms with Gasteiger partial charge >= 0.3 is 0 Å². The van der Waals surface area contributed by atoms with Gasteiger partial charge in [0.05, 0.1) is 17.2 Å². The van der Waals surface area contributed by atoms with E-state index in [0.29, 0.717) is 17.9 Å². The zero-order chi connectivity index (χ0) is 10.7. The Bertz CT molecular complexity index is 361. The first-order valence-corrected chi connectivity index (χ1v) is 4.60. The van der Waals surface area contributed by atoms with Crippen LogP contribution < -0.4 is 4.74 Å². The molecular formula is C10H11ClO3. The Morgan fingerprint density at radius 3 is 2.71 bits per heavy atom. The second-order valence-electron chi connectivity index (χ2n) is 2.79. The van der Waals surface area contributed by atoms with Gasteiger partial charge in [-0.25, -0.2) is 0 Å². The third-order valence-corrected chi connectivity index (χ3v) is 2.03. The first-order chi connectivity index (χ1) is 6.56. The number of phenolic OH excluding ortho intramolecular Hbond substituents is 1. The zero-order valence-corrected chi connectivity index (χ0v) is 8.76. The highest BCUT2D eigenvalue weighted by Gasteiger charge is 2.12. The minimum atomic E-state index is -0.143. The van der Waals surface area contributed by atoms with Crippen LogP contribution in [-0.2, 0) is 0 Å². The van der Waals surface area contributed by atoms with Gasteiger partial charge in [-0.05, 0) is 19.9 Å². The molecule has 0 aromatic heterocycles. The van der Waals surface area contributed by atoms with Crippen LogP contribution in [0.15, 0.2) is 12.1 Å². The molecule has 0 amide bonds. The van der Waals surface area contributed by atoms with E-state index in [2.05, 4.69) is 0 Å². The Morgan fingerprint density at radius 2 is 2.21 bits per heavy atom. The lowest BCUT2D eigenvalue weighted by Crippen LogP contribution is -2.00. The summed E-state index contributed by atoms with van der Waals surface area (Å²) in [6.45, 7) is 3.65. The Morgan fingerprint density at radius 1 is 1.57 bits per heavy atom. The van der Waals surface area contributed by atoms with Crippen LogP contribution in [0, 0.1) is 0 Å². The van der Waals surface area contributed by atoms with E-state index < -0.39 is 0 Å². The van der Waals surface area contributed by atoms with Crippen LogP contribution >= 0.6 is 11.6 Å². The summed E-state index contributed by atoms with van der Waals surface area (Å²) in [5.41, 5.74) is 0.384. The third-order valence-electron chi connectivity index (χ3n) is 1.73. The van der Waals surface area contributed by atoms with Crippen molar-refractivity contribution in [2.75, 3.05) is 6.61 Å². The summed E-state index contributed by atoms with van der Waals surface area (Å²) in [5.74, 6) is 0.136. The number of aromatic hydroxyl groups is 1. The highest BCUT2D eigenvalue weighted by atomic mass is 35.5. The molecule has 0 atom stereocenters. The lowest BCUT2D eigenvalue weighted by molar-refractivity contribution is 0.101. The van der Waals surface area contributed by atoms with Crippen LogP contribution in [0.3, 0.4) is 0 Å². The third kappa shape index (κ3) is 2.17. The number of Topliss-reactive ketones (excluding diaryl/α,β-unsaturated/α-hetero) is 1. The van der Waals surface area contributed by atoms with Gasteiger partial charge in [0.1, 0.15) is 11.5 Å². The summed E-state index contributed by atoms with van der Waals surface area (Å²) in [7, 11) is 0. The van der Waals surface area contributed by atoms with Gasteiger partial charge in [0.2, 0.25) is 0 Å². The lowest BCUT2D eigenvalue weighted by atomic mass is 10.1. The summed E-state index contributed by atoms with van der Waals surface area (Å²) in [6.07, 6.45) is 0. The number of benzene rings is 1. The maximum absolute atomic E-state index is 11.2. The quantitative estimate of drug-likeness (QED) is 0.787. The maximum atomic E-state index is 11.2. The number of carbonyl (C=O) groups is 1. The first-order valence-electron chi connectivity index (χ1n) is 4.22. The molecule has 0 fully saturated rings. The van der Waals surface area contributed by atoms with Gasteiger partial charge in [-0.1, -0.05) is 11.6 Å². The molecule has 3 nitrogen and oxygen atoms in total. The minimum absolute atomic E-state index is 0.0832. The molecule has 1 N–H and O–H groups in total. The van der Waals surface area contributed by atoms with Crippen molar-refractivity contribution < 1.29 is 14.6 Å². The molecule has 0 spiro atoms. The molecule has 0 bridgehead atoms. The van der Waals surface area contributed by atoms with E-state index in [0.717, 1.165) is 0 Å². The molecule has 0 aliphatic heterocycles. The van der Waals surface area contributed by atoms with Gasteiger partial charge < -0.3 is 9.84 Å². The van der Waals surface area contributed by atoms with Crippen molar-refractivity contribution in [2.24, 2.45) is 0 Å². The van der Waals surface area contributed by atoms with Crippen molar-refractivity contribution >= 4 is 17.4 Å². The second kappa shape index (κ2) is 4.33. The van der Waals surface area contributed by atoms with Crippen LogP contribution in [0.2, 0.25) is 5.02 Å². The number of carbonyl (C=O) groups excluding carboxylic acids is 1. The smallest absolute Gasteiger partial charge is 0.163 e. The monoisotopic (exact) mass is 214 g/mol. The van der Waals surface area contributed by atoms with Crippen molar-refractivity contribution in [3.8, 4) is 11.5 Å². The van der Waals surface area contributed by atoms with Crippen molar-refractivity contribution in [3.63, 3.8) is 0 Å². The molecule has 0 aliphatic rings. The number of hydrogen-bond acceptors (Lipinski definition) is 3. The van der Waals surface area contributed by atoms with E-state index in [1.807, 2.05) is 0 Å². The minimum Gasteiger partial charge on any atom is -0.506 e. The van der Waals surface area contributed by atoms with Crippen LogP contribution in [0.5, 0.6) is 11.5 Å². The van der Waals surface area contributed by atoms with Crippen LogP contribution in [-0.4, -0.2) is 17.5 Å². The standard InChI is InChI=1S/C10H11ClO3/c1-3-14-10-5-9(13)8(11)4-7(10)6(2)12/h4-5,13H,3H2,1-2H3. The van der Waals surface area contributed by atoms with Gasteiger partial charge in [0, 0.05) is 6.07 Å². The molecule has 0 heterocycles. The molecule has 0 saturated heterocycles. The van der Waals surface area contributed by atoms with E-state index in [4.69, 9.17) is 16.3 Å². The van der Waals surface area contributed by atoms with Gasteiger partial charge in [-0.2, -0.15) is 0 Å². The van der Waals surface area contributed by atoms with Gasteiger partial charge in [-0.15, -0.1) is 0 Å². The average molecular weight is 215 g/mol. The van der Waals surface area contributed by atoms with Crippen LogP contribution in [0.25, 0.3) is 0 Å². The molecule has 14 heavy (non-hydrogen) atoms. The molecule has 76 valence electrons. The molecule has 0 saturated carbocycles. The van der Waals surface area contributed by atoms with Crippen molar-refractivity contribution in [3.05, 3.63) is 22.7 Å². The normalized spacial score (nSPS) is 9.93. The van der Waals surface area contributed by atoms with E-state index in [1.165, 1.54) is 19.1 Å². The summed E-state index contributed by atoms with van der Waals surface area (Å²) in [6, 6.07) is 2.76. The molecule has 0 aliphatic carbocycles. The number of ether oxygens (including phenoxy) is 1. The van der Waals surface area contributed by atoms with E-state index in [9.17, 15) is 9.90 Å². The Kier molecular flexibility index (Phi) is 3.36. The number of rotatable bonds is 3. The predicted molar refractivity (Wildman–Crippen MR) is 54.3 cm³/mol. The first kappa shape index (κ1) is 10.9. The van der Waals surface area contributed by atoms with E-state index in [1.54, 1.807) is 6.92 Å². The van der Waals surface area contributed by atoms with Crippen molar-refractivity contribution in [1.29, 1.82) is 0 Å². The summed E-state index contributed by atoms with van der Waals surface area (Å²) < 4.78 is 5.19. The van der Waals surface area contributed by atoms with Crippen LogP contribution in [0.4, 0.5) is 0 Å². The fourth-order valence-corrected chi connectivity index (χ4v) is 1.26. The number of phenols is 1. The SMILES string of the molecule is CCOc1cc(O)c(Cl)cc1C(C)=O. The van der Waals surface area contributed by atoms with E-state index >= 15 is 0 Å². The van der Waals surface area contributed by atoms with Crippen LogP contribution in [0.1, 0.15) is 24.2 Å². The Balaban J connectivity index is 3.24. The highest BCUT2D eigenvalue weighted by molar-refractivity contribution is 6.32. The Hall–Kier alpha value is -1.22. The molecule has 0 unspecified atom stereocenters. The fourth-order valence-electron chi connectivity index (χ4n) is 1.09. The highest BCUT2D eigenvalue weighted by Crippen LogP contribution is 2.31. The van der Waals surface area contributed by atoms with Crippen molar-refractivity contribution in [1.82, 2.24) is 0 Å². The summed E-state index contributed by atoms with van der Waals surface area (Å²) in [5, 5.41) is 9.46. The summed E-state index contributed by atoms with van der Waals surface area (Å²) >= 11 is 5.67. The van der Waals surface area contributed by atoms with Gasteiger partial charge in [0.25, 0.3) is 0 Å². The molecular weight excluding hydrogens is 204 g/mol. The topological polar surface area (TPSA) is 46.5 Å². The second-order valence-corrected chi connectivity index (χ2v) is 3.20. The Labute approximate surface area is 87.3 Å². The van der Waals surface area contributed by atoms with Gasteiger partial charge in [-0.3, -0.25) is 4.79 Å². The largest absolute Gasteiger partial charge is 0.506 e. The summed E-state index contributed by atoms with van der Waals surface area (Å²) in [4.78, 5) is 11.2. The average Bonchev–Trinajstić information content (AvgIpc) is 2.11. The molecule has 1 aromatic rings. The maximum Gasteiger partial charge on any atom is 0.163 e. The van der Waals surface area contributed by atoms with Crippen molar-refractivity contribution in [2.45, 2.75) is 13.8 Å². The number of ketones is 1. The lowest BCUT2D eigenvalue weighted by Gasteiger charge is -2.09. The number of hydrogen-bond donors (Lipinski definition) is 1.